The predicted molar refractivity (Wildman–Crippen MR) is 39.5 cm³/mol. The van der Waals surface area contributed by atoms with Crippen LogP contribution in [-0.4, -0.2) is 4.98 Å². The van der Waals surface area contributed by atoms with Crippen molar-refractivity contribution in [2.24, 2.45) is 7.05 Å². The molecule has 0 fully saturated rings. The zero-order valence-electron chi connectivity index (χ0n) is 6.21. The van der Waals surface area contributed by atoms with Gasteiger partial charge in [-0.1, -0.05) is 0 Å². The molecule has 58 valence electrons. The Bertz CT molecular complexity index is 354. The molecule has 2 aromatic heterocycles. The Morgan fingerprint density at radius 3 is 3.00 bits per heavy atom. The van der Waals surface area contributed by atoms with Gasteiger partial charge in [-0.15, -0.1) is 0 Å². The molecule has 0 spiro atoms. The molecule has 0 aromatic carbocycles. The maximum absolute atomic E-state index is 3.13. The number of halogens is 1. The zero-order chi connectivity index (χ0) is 6.97. The number of aryl methyl sites for hydroxylation is 1. The Kier molecular flexibility index (Phi) is 2.49. The van der Waals surface area contributed by atoms with Crippen LogP contribution in [0.3, 0.4) is 0 Å². The molecule has 2 aromatic rings. The van der Waals surface area contributed by atoms with Gasteiger partial charge in [0.1, 0.15) is 7.05 Å². The van der Waals surface area contributed by atoms with Crippen LogP contribution >= 0.6 is 0 Å². The Morgan fingerprint density at radius 1 is 1.36 bits per heavy atom. The summed E-state index contributed by atoms with van der Waals surface area (Å²) >= 11 is 0. The molecule has 0 radical (unpaired) electrons. The second-order valence-corrected chi connectivity index (χ2v) is 2.46. The van der Waals surface area contributed by atoms with Crippen LogP contribution in [0.15, 0.2) is 30.7 Å². The fraction of sp³-hybridized carbons (Fsp3) is 0.125. The second kappa shape index (κ2) is 3.21. The summed E-state index contributed by atoms with van der Waals surface area (Å²) in [6.45, 7) is 0. The third-order valence-electron chi connectivity index (χ3n) is 1.63. The molecule has 2 nitrogen and oxygen atoms in total. The first-order valence-electron chi connectivity index (χ1n) is 3.28. The minimum atomic E-state index is 0. The summed E-state index contributed by atoms with van der Waals surface area (Å²) in [5, 5.41) is 1.25. The van der Waals surface area contributed by atoms with Crippen molar-refractivity contribution in [2.75, 3.05) is 0 Å². The lowest BCUT2D eigenvalue weighted by atomic mass is 10.3. The van der Waals surface area contributed by atoms with Crippen molar-refractivity contribution in [3.63, 3.8) is 0 Å². The molecular weight excluding hydrogens is 251 g/mol. The number of pyridine rings is 1. The summed E-state index contributed by atoms with van der Waals surface area (Å²) in [7, 11) is 2.02. The Hall–Kier alpha value is -0.580. The van der Waals surface area contributed by atoms with E-state index in [1.165, 1.54) is 10.9 Å². The van der Waals surface area contributed by atoms with Crippen molar-refractivity contribution in [1.82, 2.24) is 4.98 Å². The molecule has 3 heteroatoms. The van der Waals surface area contributed by atoms with Crippen molar-refractivity contribution in [3.8, 4) is 0 Å². The van der Waals surface area contributed by atoms with Gasteiger partial charge in [0.15, 0.2) is 12.4 Å². The molecule has 11 heavy (non-hydrogen) atoms. The third-order valence-corrected chi connectivity index (χ3v) is 1.63. The fourth-order valence-electron chi connectivity index (χ4n) is 1.11. The number of H-pyrrole nitrogens is 1. The molecular formula is C8H9IN2. The maximum atomic E-state index is 3.13. The van der Waals surface area contributed by atoms with E-state index in [1.54, 1.807) is 0 Å². The summed E-state index contributed by atoms with van der Waals surface area (Å²) < 4.78 is 2.04. The van der Waals surface area contributed by atoms with Gasteiger partial charge >= 0.3 is 0 Å². The average Bonchev–Trinajstić information content (AvgIpc) is 2.33. The van der Waals surface area contributed by atoms with Crippen molar-refractivity contribution >= 4 is 10.9 Å². The summed E-state index contributed by atoms with van der Waals surface area (Å²) in [6, 6.07) is 4.13. The number of hydrogen-bond acceptors (Lipinski definition) is 0. The SMILES string of the molecule is C[n+]1ccc2[nH]ccc2c1.[I-]. The van der Waals surface area contributed by atoms with E-state index in [9.17, 15) is 0 Å². The zero-order valence-corrected chi connectivity index (χ0v) is 8.37. The van der Waals surface area contributed by atoms with E-state index >= 15 is 0 Å². The van der Waals surface area contributed by atoms with Gasteiger partial charge in [-0.2, -0.15) is 0 Å². The van der Waals surface area contributed by atoms with Crippen molar-refractivity contribution in [1.29, 1.82) is 0 Å². The van der Waals surface area contributed by atoms with Crippen molar-refractivity contribution in [2.45, 2.75) is 0 Å². The second-order valence-electron chi connectivity index (χ2n) is 2.46. The van der Waals surface area contributed by atoms with Crippen LogP contribution in [-0.2, 0) is 7.05 Å². The quantitative estimate of drug-likeness (QED) is 0.417. The van der Waals surface area contributed by atoms with Crippen LogP contribution in [0.4, 0.5) is 0 Å². The first-order chi connectivity index (χ1) is 4.86. The van der Waals surface area contributed by atoms with Crippen LogP contribution in [0.2, 0.25) is 0 Å². The van der Waals surface area contributed by atoms with Gasteiger partial charge in [-0.25, -0.2) is 4.57 Å². The number of rotatable bonds is 0. The van der Waals surface area contributed by atoms with Crippen LogP contribution in [0.5, 0.6) is 0 Å². The molecule has 0 saturated heterocycles. The predicted octanol–water partition coefficient (Wildman–Crippen LogP) is -2.00. The van der Waals surface area contributed by atoms with E-state index in [1.807, 2.05) is 24.0 Å². The first-order valence-corrected chi connectivity index (χ1v) is 3.28. The summed E-state index contributed by atoms with van der Waals surface area (Å²) in [4.78, 5) is 3.13. The lowest BCUT2D eigenvalue weighted by molar-refractivity contribution is -0.670. The highest BCUT2D eigenvalue weighted by Gasteiger charge is 1.96. The van der Waals surface area contributed by atoms with Gasteiger partial charge in [0.05, 0.1) is 10.9 Å². The molecule has 0 bridgehead atoms. The Balaban J connectivity index is 0.000000605. The largest absolute Gasteiger partial charge is 1.00 e. The molecule has 0 unspecified atom stereocenters. The molecule has 0 aliphatic rings. The van der Waals surface area contributed by atoms with Gasteiger partial charge < -0.3 is 29.0 Å². The van der Waals surface area contributed by atoms with E-state index in [4.69, 9.17) is 0 Å². The highest BCUT2D eigenvalue weighted by Crippen LogP contribution is 2.06. The van der Waals surface area contributed by atoms with Crippen LogP contribution < -0.4 is 28.5 Å². The molecule has 2 heterocycles. The van der Waals surface area contributed by atoms with E-state index in [2.05, 4.69) is 23.3 Å². The topological polar surface area (TPSA) is 19.7 Å². The molecule has 0 aliphatic carbocycles. The number of hydrogen-bond donors (Lipinski definition) is 1. The molecule has 0 atom stereocenters. The smallest absolute Gasteiger partial charge is 0.177 e. The fourth-order valence-corrected chi connectivity index (χ4v) is 1.11. The third kappa shape index (κ3) is 1.53. The monoisotopic (exact) mass is 260 g/mol. The normalized spacial score (nSPS) is 9.55. The molecule has 0 amide bonds. The number of aromatic amines is 1. The van der Waals surface area contributed by atoms with Crippen LogP contribution in [0.25, 0.3) is 10.9 Å². The number of aromatic nitrogens is 2. The summed E-state index contributed by atoms with van der Waals surface area (Å²) in [5.74, 6) is 0. The van der Waals surface area contributed by atoms with Crippen LogP contribution in [0, 0.1) is 0 Å². The Labute approximate surface area is 82.3 Å². The van der Waals surface area contributed by atoms with Gasteiger partial charge in [0.25, 0.3) is 0 Å². The summed E-state index contributed by atoms with van der Waals surface area (Å²) in [6.07, 6.45) is 6.06. The van der Waals surface area contributed by atoms with Crippen LogP contribution in [0.1, 0.15) is 0 Å². The van der Waals surface area contributed by atoms with Crippen molar-refractivity contribution < 1.29 is 28.5 Å². The highest BCUT2D eigenvalue weighted by atomic mass is 127. The van der Waals surface area contributed by atoms with Crippen molar-refractivity contribution in [3.05, 3.63) is 30.7 Å². The summed E-state index contributed by atoms with van der Waals surface area (Å²) in [5.41, 5.74) is 1.19. The lowest BCUT2D eigenvalue weighted by Gasteiger charge is -1.85. The van der Waals surface area contributed by atoms with Gasteiger partial charge in [0.2, 0.25) is 0 Å². The Morgan fingerprint density at radius 2 is 2.18 bits per heavy atom. The minimum absolute atomic E-state index is 0. The molecule has 2 rings (SSSR count). The van der Waals surface area contributed by atoms with E-state index in [-0.39, 0.29) is 24.0 Å². The van der Waals surface area contributed by atoms with Gasteiger partial charge in [-0.3, -0.25) is 0 Å². The van der Waals surface area contributed by atoms with E-state index in [0.717, 1.165) is 0 Å². The molecule has 0 saturated carbocycles. The number of nitrogens with one attached hydrogen (secondary N) is 1. The average molecular weight is 260 g/mol. The van der Waals surface area contributed by atoms with E-state index in [0.29, 0.717) is 0 Å². The van der Waals surface area contributed by atoms with E-state index < -0.39 is 0 Å². The van der Waals surface area contributed by atoms with Gasteiger partial charge in [-0.05, 0) is 6.07 Å². The highest BCUT2D eigenvalue weighted by molar-refractivity contribution is 5.76. The molecule has 0 aliphatic heterocycles. The van der Waals surface area contributed by atoms with Gasteiger partial charge in [0, 0.05) is 12.3 Å². The number of nitrogens with zero attached hydrogens (tertiary/aromatic N) is 1. The standard InChI is InChI=1S/C8H8N2.HI/c1-10-5-3-8-7(6-10)2-4-9-8;/h2-6H,1H3;1H. The minimum Gasteiger partial charge on any atom is -1.00 e. The number of fused-ring (bicyclic) bond motifs is 1. The molecule has 1 N–H and O–H groups in total. The lowest BCUT2D eigenvalue weighted by Crippen LogP contribution is -3.00. The maximum Gasteiger partial charge on any atom is 0.177 e. The first kappa shape index (κ1) is 8.52.